The van der Waals surface area contributed by atoms with Crippen molar-refractivity contribution >= 4 is 40.7 Å². The van der Waals surface area contributed by atoms with E-state index in [1.807, 2.05) is 31.2 Å². The van der Waals surface area contributed by atoms with E-state index < -0.39 is 10.8 Å². The molecule has 0 heterocycles. The van der Waals surface area contributed by atoms with Crippen LogP contribution in [-0.2, 0) is 4.79 Å². The normalized spacial score (nSPS) is 10.4. The molecule has 1 amide bonds. The van der Waals surface area contributed by atoms with Crippen LogP contribution in [0.3, 0.4) is 0 Å². The molecule has 0 atom stereocenters. The third-order valence-corrected chi connectivity index (χ3v) is 3.59. The van der Waals surface area contributed by atoms with E-state index in [9.17, 15) is 14.9 Å². The van der Waals surface area contributed by atoms with Gasteiger partial charge in [0.15, 0.2) is 5.11 Å². The van der Waals surface area contributed by atoms with Crippen LogP contribution in [0.2, 0.25) is 0 Å². The lowest BCUT2D eigenvalue weighted by molar-refractivity contribution is -0.384. The summed E-state index contributed by atoms with van der Waals surface area (Å²) in [5, 5.41) is 16.1. The largest absolute Gasteiger partial charge is 0.495 e. The first-order valence-electron chi connectivity index (χ1n) is 7.58. The molecule has 26 heavy (non-hydrogen) atoms. The second-order valence-electron chi connectivity index (χ2n) is 5.33. The number of rotatable bonds is 5. The van der Waals surface area contributed by atoms with Crippen LogP contribution < -0.4 is 15.4 Å². The Morgan fingerprint density at radius 3 is 2.54 bits per heavy atom. The molecule has 0 radical (unpaired) electrons. The Bertz CT molecular complexity index is 863. The number of nitro groups is 1. The molecule has 0 aliphatic rings. The first kappa shape index (κ1) is 19.1. The number of carbonyl (C=O) groups is 1. The van der Waals surface area contributed by atoms with Crippen LogP contribution in [0.25, 0.3) is 6.08 Å². The number of amides is 1. The lowest BCUT2D eigenvalue weighted by Gasteiger charge is -2.11. The van der Waals surface area contributed by atoms with Crippen LogP contribution in [0.1, 0.15) is 11.1 Å². The van der Waals surface area contributed by atoms with Gasteiger partial charge in [0, 0.05) is 18.2 Å². The number of nitrogens with one attached hydrogen (secondary N) is 2. The van der Waals surface area contributed by atoms with Crippen LogP contribution in [0.15, 0.2) is 48.5 Å². The Kier molecular flexibility index (Phi) is 6.40. The number of ether oxygens (including phenoxy) is 1. The van der Waals surface area contributed by atoms with Crippen molar-refractivity contribution in [1.82, 2.24) is 5.32 Å². The Balaban J connectivity index is 2.01. The number of benzene rings is 2. The van der Waals surface area contributed by atoms with Gasteiger partial charge >= 0.3 is 0 Å². The summed E-state index contributed by atoms with van der Waals surface area (Å²) in [5.74, 6) is -0.0603. The Hall–Kier alpha value is -3.26. The van der Waals surface area contributed by atoms with E-state index in [1.54, 1.807) is 6.08 Å². The second kappa shape index (κ2) is 8.72. The average Bonchev–Trinajstić information content (AvgIpc) is 2.61. The summed E-state index contributed by atoms with van der Waals surface area (Å²) in [4.78, 5) is 22.3. The van der Waals surface area contributed by atoms with Crippen LogP contribution in [-0.4, -0.2) is 23.1 Å². The number of nitrogens with zero attached hydrogens (tertiary/aromatic N) is 1. The van der Waals surface area contributed by atoms with E-state index in [-0.39, 0.29) is 16.5 Å². The van der Waals surface area contributed by atoms with Gasteiger partial charge in [0.2, 0.25) is 5.91 Å². The average molecular weight is 371 g/mol. The number of aryl methyl sites for hydroxylation is 1. The Labute approximate surface area is 155 Å². The summed E-state index contributed by atoms with van der Waals surface area (Å²) in [6.07, 6.45) is 3.01. The lowest BCUT2D eigenvalue weighted by atomic mass is 10.1. The molecule has 0 fully saturated rings. The molecular formula is C18H17N3O4S. The molecule has 0 aliphatic carbocycles. The highest BCUT2D eigenvalue weighted by atomic mass is 32.1. The number of thiocarbonyl (C=S) groups is 1. The predicted molar refractivity (Wildman–Crippen MR) is 104 cm³/mol. The standard InChI is InChI=1S/C18H17N3O4S/c1-12-3-5-13(6-4-12)7-10-17(22)20-18(26)19-15-11-14(21(23)24)8-9-16(15)25-2/h3-11H,1-2H3,(H2,19,20,22,26). The van der Waals surface area contributed by atoms with Crippen molar-refractivity contribution < 1.29 is 14.5 Å². The number of non-ortho nitro benzene ring substituents is 1. The van der Waals surface area contributed by atoms with E-state index in [2.05, 4.69) is 10.6 Å². The van der Waals surface area contributed by atoms with Gasteiger partial charge in [0.05, 0.1) is 17.7 Å². The summed E-state index contributed by atoms with van der Waals surface area (Å²) < 4.78 is 5.13. The van der Waals surface area contributed by atoms with Crippen LogP contribution in [0.4, 0.5) is 11.4 Å². The van der Waals surface area contributed by atoms with Gasteiger partial charge < -0.3 is 10.1 Å². The molecule has 0 saturated heterocycles. The van der Waals surface area contributed by atoms with E-state index in [0.29, 0.717) is 5.75 Å². The number of hydrogen-bond acceptors (Lipinski definition) is 5. The minimum absolute atomic E-state index is 0.00218. The van der Waals surface area contributed by atoms with Crippen LogP contribution in [0.5, 0.6) is 5.75 Å². The molecule has 2 N–H and O–H groups in total. The topological polar surface area (TPSA) is 93.5 Å². The molecule has 0 saturated carbocycles. The van der Waals surface area contributed by atoms with Crippen molar-refractivity contribution in [3.05, 3.63) is 69.8 Å². The van der Waals surface area contributed by atoms with Gasteiger partial charge in [-0.1, -0.05) is 29.8 Å². The van der Waals surface area contributed by atoms with Gasteiger partial charge in [-0.25, -0.2) is 0 Å². The first-order valence-corrected chi connectivity index (χ1v) is 7.99. The summed E-state index contributed by atoms with van der Waals surface area (Å²) >= 11 is 5.07. The molecule has 0 unspecified atom stereocenters. The van der Waals surface area contributed by atoms with E-state index >= 15 is 0 Å². The van der Waals surface area contributed by atoms with Gasteiger partial charge in [0.25, 0.3) is 5.69 Å². The fourth-order valence-corrected chi connectivity index (χ4v) is 2.27. The number of anilines is 1. The number of nitro benzene ring substituents is 1. The summed E-state index contributed by atoms with van der Waals surface area (Å²) in [7, 11) is 1.43. The molecule has 0 spiro atoms. The third kappa shape index (κ3) is 5.38. The second-order valence-corrected chi connectivity index (χ2v) is 5.74. The van der Waals surface area contributed by atoms with Crippen molar-refractivity contribution in [1.29, 1.82) is 0 Å². The highest BCUT2D eigenvalue weighted by Crippen LogP contribution is 2.28. The quantitative estimate of drug-likeness (QED) is 0.362. The van der Waals surface area contributed by atoms with Crippen molar-refractivity contribution in [2.45, 2.75) is 6.92 Å². The van der Waals surface area contributed by atoms with Crippen molar-refractivity contribution in [3.63, 3.8) is 0 Å². The van der Waals surface area contributed by atoms with E-state index in [1.165, 1.54) is 31.4 Å². The zero-order valence-corrected chi connectivity index (χ0v) is 15.0. The number of methoxy groups -OCH3 is 1. The molecular weight excluding hydrogens is 354 g/mol. The van der Waals surface area contributed by atoms with E-state index in [0.717, 1.165) is 11.1 Å². The van der Waals surface area contributed by atoms with Gasteiger partial charge in [0.1, 0.15) is 5.75 Å². The monoisotopic (exact) mass is 371 g/mol. The van der Waals surface area contributed by atoms with Crippen LogP contribution >= 0.6 is 12.2 Å². The molecule has 8 heteroatoms. The SMILES string of the molecule is COc1ccc([N+](=O)[O-])cc1NC(=S)NC(=O)C=Cc1ccc(C)cc1. The summed E-state index contributed by atoms with van der Waals surface area (Å²) in [6.45, 7) is 1.98. The minimum Gasteiger partial charge on any atom is -0.495 e. The molecule has 0 aliphatic heterocycles. The smallest absolute Gasteiger partial charge is 0.271 e. The molecule has 2 aromatic carbocycles. The van der Waals surface area contributed by atoms with Gasteiger partial charge in [-0.05, 0) is 36.8 Å². The zero-order valence-electron chi connectivity index (χ0n) is 14.2. The zero-order chi connectivity index (χ0) is 19.1. The van der Waals surface area contributed by atoms with Gasteiger partial charge in [-0.2, -0.15) is 0 Å². The maximum atomic E-state index is 11.9. The molecule has 7 nitrogen and oxygen atoms in total. The molecule has 2 rings (SSSR count). The first-order chi connectivity index (χ1) is 12.4. The Morgan fingerprint density at radius 2 is 1.92 bits per heavy atom. The van der Waals surface area contributed by atoms with Crippen LogP contribution in [0, 0.1) is 17.0 Å². The van der Waals surface area contributed by atoms with Gasteiger partial charge in [-0.3, -0.25) is 20.2 Å². The maximum Gasteiger partial charge on any atom is 0.271 e. The lowest BCUT2D eigenvalue weighted by Crippen LogP contribution is -2.32. The summed E-state index contributed by atoms with van der Waals surface area (Å²) in [6, 6.07) is 11.7. The summed E-state index contributed by atoms with van der Waals surface area (Å²) in [5.41, 5.74) is 2.17. The number of hydrogen-bond donors (Lipinski definition) is 2. The molecule has 0 aromatic heterocycles. The maximum absolute atomic E-state index is 11.9. The van der Waals surface area contributed by atoms with Gasteiger partial charge in [-0.15, -0.1) is 0 Å². The van der Waals surface area contributed by atoms with Crippen molar-refractivity contribution in [2.24, 2.45) is 0 Å². The highest BCUT2D eigenvalue weighted by Gasteiger charge is 2.13. The molecule has 134 valence electrons. The fraction of sp³-hybridized carbons (Fsp3) is 0.111. The molecule has 0 bridgehead atoms. The van der Waals surface area contributed by atoms with Crippen molar-refractivity contribution in [2.75, 3.05) is 12.4 Å². The Morgan fingerprint density at radius 1 is 1.23 bits per heavy atom. The highest BCUT2D eigenvalue weighted by molar-refractivity contribution is 7.80. The minimum atomic E-state index is -0.531. The third-order valence-electron chi connectivity index (χ3n) is 3.38. The van der Waals surface area contributed by atoms with Crippen molar-refractivity contribution in [3.8, 4) is 5.75 Å². The predicted octanol–water partition coefficient (Wildman–Crippen LogP) is 3.44. The van der Waals surface area contributed by atoms with E-state index in [4.69, 9.17) is 17.0 Å². The number of carbonyl (C=O) groups excluding carboxylic acids is 1. The fourth-order valence-electron chi connectivity index (χ4n) is 2.06. The molecule has 2 aromatic rings.